The number of hydrogen-bond acceptors (Lipinski definition) is 32. The standard InChI is InChI=1S/C37H38ClN5O13.C32H35ClN2O11.C5H5N3O3/c1-16-34-20(42(24(39-3)15-53-10-9-38)35(56-34)21-14-40-36(41(21)4)43(50)51)11-25(54-16)55-23-13-37(49,17(2)44)12-19-27(23)33(48)29-28(31(19)46)30(45)18-7-6-8-22(52-5)26(18)32(29)47;1-14-27(37)19(35-16(12-34)13-44-8-7-33)9-22(45-14)46-21-11-32(42,15(2)36)10-18-24(21)31(41)26-25(29(18)39)28(38)17-5-4-6-20(43-3)23(17)30(26)40;1-7-4(3-9)2-6-5(7)8(10)11/h6-8,14,16,20,23-25,34-35,46,48-49H,9-13,15H2,1-2,4-5H3;4-6,14,16,19,21-22,27,35,37,39,41-42H,7-11,13H2,1-3H3;2-3H,1H3/t16-,20?,23-,24?,25-,34?,35?,37-;14-,16?,19?,21-,22-,27?,32-;/m00./s1. The number of nitrogens with one attached hydrogen (secondary N) is 1. The molecule has 2 aromatic heterocycles. The predicted molar refractivity (Wildman–Crippen MR) is 387 cm³/mol. The normalized spacial score (nSPS) is 25.8. The molecule has 113 heavy (non-hydrogen) atoms. The van der Waals surface area contributed by atoms with Gasteiger partial charge in [0.05, 0.1) is 124 Å². The number of nitro groups is 2. The number of ketones is 6. The molecular weight excluding hydrogens is 1530 g/mol. The molecule has 8 N–H and O–H groups in total. The van der Waals surface area contributed by atoms with Crippen molar-refractivity contribution >= 4 is 76.1 Å². The zero-order valence-corrected chi connectivity index (χ0v) is 63.3. The molecular formula is C74H78Cl2N10O27. The number of carbonyl (C=O) groups excluding carboxylic acids is 7. The predicted octanol–water partition coefficient (Wildman–Crippen LogP) is 5.20. The van der Waals surface area contributed by atoms with Crippen LogP contribution in [0.2, 0.25) is 0 Å². The summed E-state index contributed by atoms with van der Waals surface area (Å²) in [5.41, 5.74) is -6.36. The average Bonchev–Trinajstić information content (AvgIpc) is 1.70. The van der Waals surface area contributed by atoms with Gasteiger partial charge in [-0.3, -0.25) is 43.7 Å². The van der Waals surface area contributed by atoms with Gasteiger partial charge in [0, 0.05) is 89.7 Å². The number of phenolic OH excluding ortho intramolecular Hbond substituents is 4. The molecule has 0 saturated carbocycles. The lowest BCUT2D eigenvalue weighted by molar-refractivity contribution is -0.396. The summed E-state index contributed by atoms with van der Waals surface area (Å²) in [6, 6.07) is 8.68. The summed E-state index contributed by atoms with van der Waals surface area (Å²) in [7, 11) is 5.52. The van der Waals surface area contributed by atoms with E-state index in [9.17, 15) is 94.8 Å². The lowest BCUT2D eigenvalue weighted by Crippen LogP contribution is -2.57. The van der Waals surface area contributed by atoms with Crippen molar-refractivity contribution in [3.63, 3.8) is 0 Å². The van der Waals surface area contributed by atoms with Gasteiger partial charge in [-0.2, -0.15) is 10.2 Å². The van der Waals surface area contributed by atoms with Gasteiger partial charge in [-0.25, -0.2) is 15.7 Å². The molecule has 37 nitrogen and oxygen atoms in total. The third-order valence-electron chi connectivity index (χ3n) is 21.1. The monoisotopic (exact) mass is 1610 g/mol. The Morgan fingerprint density at radius 1 is 0.726 bits per heavy atom. The summed E-state index contributed by atoms with van der Waals surface area (Å²) in [5.74, 6) is -7.25. The first kappa shape index (κ1) is 83.6. The topological polar surface area (TPSA) is 510 Å². The van der Waals surface area contributed by atoms with Crippen molar-refractivity contribution in [2.45, 2.75) is 157 Å². The number of phenols is 4. The molecule has 0 spiro atoms. The molecule has 4 aliphatic carbocycles. The Balaban J connectivity index is 0.000000199. The number of ether oxygens (including phenoxy) is 9. The Kier molecular flexibility index (Phi) is 25.0. The smallest absolute Gasteiger partial charge is 0.434 e. The van der Waals surface area contributed by atoms with E-state index >= 15 is 0 Å². The number of aliphatic hydroxyl groups excluding tert-OH is 1. The fourth-order valence-corrected chi connectivity index (χ4v) is 15.7. The number of halogens is 2. The highest BCUT2D eigenvalue weighted by Gasteiger charge is 2.58. The quantitative estimate of drug-likeness (QED) is 0.00775. The van der Waals surface area contributed by atoms with Crippen LogP contribution in [-0.2, 0) is 69.7 Å². The lowest BCUT2D eigenvalue weighted by Gasteiger charge is -2.43. The Bertz CT molecular complexity index is 4920. The second kappa shape index (κ2) is 33.8. The van der Waals surface area contributed by atoms with E-state index in [4.69, 9.17) is 72.4 Å². The molecule has 0 bridgehead atoms. The molecule has 0 amide bonds. The Morgan fingerprint density at radius 3 is 1.63 bits per heavy atom. The molecule has 3 saturated heterocycles. The number of nitriles is 1. The molecule has 13 rings (SSSR count). The SMILES string of the molecule is COc1cccc2c1C(=O)c1c(O)c3c(c(O)c1C2=O)C[C@@](O)(C(C)=O)C[C@@H]3O[C@H]1CC(NC(C#N)COCCCl)C(O)[C@H](C)O1.Cn1c(C=O)cnc1[N+](=O)[O-].[C-]#[N+]C(COCCCl)N1C(c2cnc([N+](=O)[O-])n2C)OC2C1C[C@H](O[C@H]1C[C@](O)(C(C)=O)Cc3c(O)c4c(c(O)c31)C(=O)c1c(OC)cccc1C4=O)O[C@H]2C. The van der Waals surface area contributed by atoms with E-state index in [-0.39, 0.29) is 131 Å². The minimum Gasteiger partial charge on any atom is -0.507 e. The first-order chi connectivity index (χ1) is 53.7. The van der Waals surface area contributed by atoms with Gasteiger partial charge in [0.15, 0.2) is 59.6 Å². The maximum atomic E-state index is 14.0. The number of aliphatic hydroxyl groups is 3. The second-order valence-corrected chi connectivity index (χ2v) is 28.5. The van der Waals surface area contributed by atoms with Crippen molar-refractivity contribution in [1.82, 2.24) is 29.3 Å². The fraction of sp³-hybridized carbons (Fsp3) is 0.473. The van der Waals surface area contributed by atoms with Gasteiger partial charge in [-0.15, -0.1) is 23.2 Å². The Labute approximate surface area is 652 Å². The summed E-state index contributed by atoms with van der Waals surface area (Å²) in [5, 5.41) is 115. The molecule has 3 aliphatic heterocycles. The van der Waals surface area contributed by atoms with E-state index in [0.29, 0.717) is 6.29 Å². The molecule has 15 atom stereocenters. The summed E-state index contributed by atoms with van der Waals surface area (Å²) in [6.45, 7) is 14.0. The highest BCUT2D eigenvalue weighted by atomic mass is 35.5. The van der Waals surface area contributed by atoms with Gasteiger partial charge in [0.25, 0.3) is 0 Å². The number of alkyl halides is 2. The summed E-state index contributed by atoms with van der Waals surface area (Å²) >= 11 is 11.5. The zero-order chi connectivity index (χ0) is 82.3. The number of nitrogens with zero attached hydrogens (tertiary/aromatic N) is 9. The van der Waals surface area contributed by atoms with Gasteiger partial charge in [-0.1, -0.05) is 34.2 Å². The van der Waals surface area contributed by atoms with Crippen LogP contribution in [0.25, 0.3) is 4.85 Å². The summed E-state index contributed by atoms with van der Waals surface area (Å²) in [4.78, 5) is 125. The van der Waals surface area contributed by atoms with Gasteiger partial charge in [-0.05, 0) is 49.7 Å². The second-order valence-electron chi connectivity index (χ2n) is 27.7. The first-order valence-electron chi connectivity index (χ1n) is 35.2. The van der Waals surface area contributed by atoms with Crippen LogP contribution in [0.5, 0.6) is 34.5 Å². The van der Waals surface area contributed by atoms with Gasteiger partial charge >= 0.3 is 18.1 Å². The van der Waals surface area contributed by atoms with Crippen LogP contribution in [0.4, 0.5) is 11.9 Å². The number of benzene rings is 4. The fourth-order valence-electron chi connectivity index (χ4n) is 15.4. The highest BCUT2D eigenvalue weighted by Crippen LogP contribution is 2.56. The van der Waals surface area contributed by atoms with E-state index in [0.717, 1.165) is 17.7 Å². The first-order valence-corrected chi connectivity index (χ1v) is 36.3. The van der Waals surface area contributed by atoms with Crippen LogP contribution in [0.3, 0.4) is 0 Å². The molecule has 39 heteroatoms. The molecule has 6 aromatic rings. The molecule has 600 valence electrons. The van der Waals surface area contributed by atoms with Gasteiger partial charge in [0.2, 0.25) is 11.6 Å². The molecule has 3 fully saturated rings. The van der Waals surface area contributed by atoms with Crippen LogP contribution in [0.15, 0.2) is 48.8 Å². The molecule has 0 radical (unpaired) electrons. The van der Waals surface area contributed by atoms with Crippen LogP contribution in [-0.4, -0.2) is 235 Å². The number of imidazole rings is 2. The van der Waals surface area contributed by atoms with E-state index in [1.54, 1.807) is 18.7 Å². The van der Waals surface area contributed by atoms with E-state index in [1.165, 1.54) is 82.4 Å². The Morgan fingerprint density at radius 2 is 1.19 bits per heavy atom. The van der Waals surface area contributed by atoms with E-state index in [2.05, 4.69) is 26.2 Å². The zero-order valence-electron chi connectivity index (χ0n) is 61.8. The number of Topliss-reactive ketones (excluding diaryl/α,β-unsaturated/α-hetero) is 2. The molecule has 7 unspecified atom stereocenters. The van der Waals surface area contributed by atoms with Crippen molar-refractivity contribution in [3.8, 4) is 40.6 Å². The van der Waals surface area contributed by atoms with Crippen molar-refractivity contribution in [3.05, 3.63) is 159 Å². The molecule has 5 heterocycles. The number of methoxy groups -OCH3 is 2. The number of aldehydes is 1. The third kappa shape index (κ3) is 15.5. The summed E-state index contributed by atoms with van der Waals surface area (Å²) < 4.78 is 55.5. The number of carbonyl (C=O) groups is 7. The minimum atomic E-state index is -2.13. The van der Waals surface area contributed by atoms with Crippen LogP contribution < -0.4 is 14.8 Å². The average molecular weight is 1610 g/mol. The maximum Gasteiger partial charge on any atom is 0.434 e. The Hall–Kier alpha value is -10.3. The van der Waals surface area contributed by atoms with E-state index in [1.807, 2.05) is 0 Å². The van der Waals surface area contributed by atoms with Gasteiger partial charge in [0.1, 0.15) is 76.8 Å². The van der Waals surface area contributed by atoms with Crippen LogP contribution in [0.1, 0.15) is 174 Å². The molecule has 7 aliphatic rings. The molecule has 4 aromatic carbocycles. The van der Waals surface area contributed by atoms with Crippen molar-refractivity contribution in [1.29, 1.82) is 5.26 Å². The van der Waals surface area contributed by atoms with Gasteiger partial charge < -0.3 is 98.6 Å². The number of aromatic nitrogens is 4. The minimum absolute atomic E-state index is 0.00299. The largest absolute Gasteiger partial charge is 0.507 e. The van der Waals surface area contributed by atoms with Crippen LogP contribution >= 0.6 is 23.2 Å². The van der Waals surface area contributed by atoms with Crippen molar-refractivity contribution in [2.24, 2.45) is 14.1 Å². The van der Waals surface area contributed by atoms with Crippen molar-refractivity contribution < 1.29 is 122 Å². The number of aromatic hydroxyl groups is 4. The number of fused-ring (bicyclic) bond motifs is 7. The van der Waals surface area contributed by atoms with E-state index < -0.39 is 206 Å². The third-order valence-corrected chi connectivity index (χ3v) is 21.4. The summed E-state index contributed by atoms with van der Waals surface area (Å²) in [6.07, 6.45) is -9.11. The maximum absolute atomic E-state index is 14.0. The highest BCUT2D eigenvalue weighted by molar-refractivity contribution is 6.32. The lowest BCUT2D eigenvalue weighted by atomic mass is 9.72. The number of rotatable bonds is 23. The van der Waals surface area contributed by atoms with Crippen LogP contribution in [0, 0.1) is 38.1 Å². The van der Waals surface area contributed by atoms with Crippen molar-refractivity contribution in [2.75, 3.05) is 52.4 Å². The number of hydrogen-bond donors (Lipinski definition) is 8.